The van der Waals surface area contributed by atoms with E-state index in [9.17, 15) is 0 Å². The fourth-order valence-electron chi connectivity index (χ4n) is 3.42. The minimum atomic E-state index is -3.05. The summed E-state index contributed by atoms with van der Waals surface area (Å²) in [5.41, 5.74) is 3.65. The molecular weight excluding hydrogens is 518 g/mol. The molecule has 0 atom stereocenters. The van der Waals surface area contributed by atoms with Gasteiger partial charge in [-0.15, -0.1) is 24.8 Å². The van der Waals surface area contributed by atoms with E-state index in [-0.39, 0.29) is 35.6 Å². The van der Waals surface area contributed by atoms with Gasteiger partial charge in [0.15, 0.2) is 0 Å². The maximum absolute atomic E-state index is 3.05. The summed E-state index contributed by atoms with van der Waals surface area (Å²) in [6.07, 6.45) is 12.5. The van der Waals surface area contributed by atoms with E-state index in [4.69, 9.17) is 0 Å². The maximum atomic E-state index is 2.65. The molecule has 24 heavy (non-hydrogen) atoms. The van der Waals surface area contributed by atoms with E-state index >= 15 is 0 Å². The predicted octanol–water partition coefficient (Wildman–Crippen LogP) is 6.68. The molecule has 0 bridgehead atoms. The Morgan fingerprint density at radius 2 is 1.04 bits per heavy atom. The Kier molecular flexibility index (Phi) is 7.52. The fraction of sp³-hybridized carbons (Fsp3) is 0.600. The van der Waals surface area contributed by atoms with E-state index in [0.29, 0.717) is 0 Å². The largest absolute Gasteiger partial charge is 0.147 e. The molecule has 0 aromatic carbocycles. The van der Waals surface area contributed by atoms with E-state index in [1.807, 2.05) is 0 Å². The molecule has 2 rings (SSSR count). The molecular formula is C20H36Cl2HfSi. The number of rotatable bonds is 2. The molecule has 0 aromatic heterocycles. The smallest absolute Gasteiger partial charge is 0.147 e. The molecule has 2 aliphatic rings. The summed E-state index contributed by atoms with van der Waals surface area (Å²) >= 11 is -3.05. The second kappa shape index (κ2) is 7.33. The van der Waals surface area contributed by atoms with E-state index in [1.165, 1.54) is 12.8 Å². The summed E-state index contributed by atoms with van der Waals surface area (Å²) in [5, 5.41) is 0. The quantitative estimate of drug-likeness (QED) is 0.335. The maximum Gasteiger partial charge on any atom is -0.147 e. The van der Waals surface area contributed by atoms with Crippen LogP contribution in [-0.2, 0) is 17.1 Å². The first-order valence-corrected chi connectivity index (χ1v) is 27.7. The molecule has 2 aliphatic carbocycles. The van der Waals surface area contributed by atoms with Crippen molar-refractivity contribution in [1.82, 2.24) is 0 Å². The Morgan fingerprint density at radius 3 is 1.25 bits per heavy atom. The van der Waals surface area contributed by atoms with Crippen LogP contribution in [0.4, 0.5) is 0 Å². The molecule has 0 aromatic rings. The molecule has 0 fully saturated rings. The second-order valence-electron chi connectivity index (χ2n) is 10.3. The van der Waals surface area contributed by atoms with Gasteiger partial charge in [-0.25, -0.2) is 0 Å². The third-order valence-electron chi connectivity index (χ3n) is 5.53. The first-order chi connectivity index (χ1) is 9.70. The van der Waals surface area contributed by atoms with Crippen LogP contribution >= 0.6 is 24.8 Å². The van der Waals surface area contributed by atoms with Crippen LogP contribution in [0.1, 0.15) is 54.4 Å². The molecule has 0 nitrogen and oxygen atoms in total. The average Bonchev–Trinajstić information content (AvgIpc) is 2.97. The molecule has 0 radical (unpaired) electrons. The van der Waals surface area contributed by atoms with Crippen LogP contribution in [0.3, 0.4) is 0 Å². The molecule has 0 aliphatic heterocycles. The van der Waals surface area contributed by atoms with Gasteiger partial charge in [0.2, 0.25) is 0 Å². The molecule has 0 amide bonds. The minimum absolute atomic E-state index is 0. The summed E-state index contributed by atoms with van der Waals surface area (Å²) < 4.78 is 8.86. The van der Waals surface area contributed by atoms with Crippen LogP contribution in [0.5, 0.6) is 0 Å². The van der Waals surface area contributed by atoms with Crippen LogP contribution in [-0.4, -0.2) is 6.94 Å². The van der Waals surface area contributed by atoms with Crippen molar-refractivity contribution < 1.29 is 17.1 Å². The van der Waals surface area contributed by atoms with Crippen molar-refractivity contribution >= 4 is 31.8 Å². The van der Waals surface area contributed by atoms with Gasteiger partial charge in [-0.2, -0.15) is 0 Å². The van der Waals surface area contributed by atoms with Crippen LogP contribution < -0.4 is 0 Å². The van der Waals surface area contributed by atoms with Crippen LogP contribution in [0.25, 0.3) is 0 Å². The third-order valence-corrected chi connectivity index (χ3v) is 30.3. The zero-order valence-electron chi connectivity index (χ0n) is 16.7. The Labute approximate surface area is 164 Å². The van der Waals surface area contributed by atoms with Gasteiger partial charge in [-0.1, -0.05) is 0 Å². The number of halogens is 2. The Hall–Kier alpha value is 0.627. The van der Waals surface area contributed by atoms with Gasteiger partial charge in [0, 0.05) is 0 Å². The van der Waals surface area contributed by atoms with Crippen LogP contribution in [0, 0.1) is 10.8 Å². The van der Waals surface area contributed by atoms with Gasteiger partial charge in [0.25, 0.3) is 0 Å². The van der Waals surface area contributed by atoms with Gasteiger partial charge in [-0.3, -0.25) is 0 Å². The summed E-state index contributed by atoms with van der Waals surface area (Å²) in [4.78, 5) is 0. The van der Waals surface area contributed by atoms with Crippen molar-refractivity contribution in [1.29, 1.82) is 0 Å². The Bertz CT molecular complexity index is 632. The van der Waals surface area contributed by atoms with E-state index in [2.05, 4.69) is 82.1 Å². The zero-order valence-corrected chi connectivity index (χ0v) is 23.4. The predicted molar refractivity (Wildman–Crippen MR) is 115 cm³/mol. The summed E-state index contributed by atoms with van der Waals surface area (Å²) in [5.74, 6) is 0. The summed E-state index contributed by atoms with van der Waals surface area (Å²) in [6.45, 7) is 16.4. The topological polar surface area (TPSA) is 0 Å². The standard InChI is InChI=1S/2C9H13.2CH3.2ClH.Hf.H2Si/c2*1-9(2,3)8-6-4-5-7-8;;;;;;/h2*6-7H,4H2,1-3H3;2*1H3;2*1H;;1H2. The Morgan fingerprint density at radius 1 is 0.750 bits per heavy atom. The molecule has 0 spiro atoms. The van der Waals surface area contributed by atoms with E-state index in [0.717, 1.165) is 0 Å². The van der Waals surface area contributed by atoms with Crippen molar-refractivity contribution in [3.63, 3.8) is 0 Å². The van der Waals surface area contributed by atoms with Crippen molar-refractivity contribution in [3.05, 3.63) is 42.1 Å². The SMILES string of the molecule is CC(C)(C)C1=CC[C]([Hf]([CH3])([CH3])(=[SiH2])[C]2=CC(C(C)(C)C)=CC2)=C1.Cl.Cl. The van der Waals surface area contributed by atoms with Crippen molar-refractivity contribution in [2.45, 2.75) is 63.7 Å². The molecule has 138 valence electrons. The van der Waals surface area contributed by atoms with Crippen molar-refractivity contribution in [2.75, 3.05) is 0 Å². The molecule has 0 saturated carbocycles. The molecule has 0 N–H and O–H groups in total. The molecule has 4 heteroatoms. The zero-order chi connectivity index (χ0) is 17.0. The minimum Gasteiger partial charge on any atom is -0.147 e. The molecule has 0 unspecified atom stereocenters. The van der Waals surface area contributed by atoms with Crippen molar-refractivity contribution in [3.8, 4) is 0 Å². The molecule has 0 saturated heterocycles. The van der Waals surface area contributed by atoms with Crippen LogP contribution in [0.2, 0.25) is 9.36 Å². The van der Waals surface area contributed by atoms with Gasteiger partial charge < -0.3 is 0 Å². The Balaban J connectivity index is 0.00000264. The normalized spacial score (nSPS) is 18.9. The van der Waals surface area contributed by atoms with Gasteiger partial charge in [-0.05, 0) is 0 Å². The number of allylic oxidation sites excluding steroid dienone is 8. The number of hydrogen-bond donors (Lipinski definition) is 0. The average molecular weight is 554 g/mol. The van der Waals surface area contributed by atoms with Gasteiger partial charge in [0.05, 0.1) is 0 Å². The van der Waals surface area contributed by atoms with Crippen molar-refractivity contribution in [2.24, 2.45) is 10.8 Å². The summed E-state index contributed by atoms with van der Waals surface area (Å²) in [7, 11) is 0. The van der Waals surface area contributed by atoms with Gasteiger partial charge >= 0.3 is 141 Å². The van der Waals surface area contributed by atoms with Crippen LogP contribution in [0.15, 0.2) is 42.1 Å². The van der Waals surface area contributed by atoms with Gasteiger partial charge in [0.1, 0.15) is 0 Å². The van der Waals surface area contributed by atoms with E-state index < -0.39 is 17.1 Å². The first kappa shape index (κ1) is 24.6. The monoisotopic (exact) mass is 554 g/mol. The second-order valence-corrected chi connectivity index (χ2v) is 51.5. The summed E-state index contributed by atoms with van der Waals surface area (Å²) in [6, 6.07) is 0. The fourth-order valence-corrected chi connectivity index (χ4v) is 18.8. The number of hydrogen-bond acceptors (Lipinski definition) is 0. The third kappa shape index (κ3) is 4.87. The van der Waals surface area contributed by atoms with E-state index in [1.54, 1.807) is 17.8 Å². The first-order valence-electron chi connectivity index (χ1n) is 8.61. The molecule has 0 heterocycles.